The number of benzene rings is 1. The molecule has 0 saturated carbocycles. The summed E-state index contributed by atoms with van der Waals surface area (Å²) in [6.07, 6.45) is 1.10. The van der Waals surface area contributed by atoms with Crippen LogP contribution in [0.1, 0.15) is 32.3 Å². The Morgan fingerprint density at radius 3 is 2.38 bits per heavy atom. The summed E-state index contributed by atoms with van der Waals surface area (Å²) in [5.74, 6) is -0.461. The molecule has 0 aromatic heterocycles. The molecule has 1 atom stereocenters. The van der Waals surface area contributed by atoms with E-state index in [1.54, 1.807) is 19.1 Å². The fraction of sp³-hybridized carbons (Fsp3) is 0.533. The molecule has 1 rings (SSSR count). The minimum Gasteiger partial charge on any atom is -0.465 e. The Morgan fingerprint density at radius 2 is 1.81 bits per heavy atom. The lowest BCUT2D eigenvalue weighted by molar-refractivity contribution is -0.145. The molecule has 0 saturated heterocycles. The number of carbonyl (C=O) groups excluding carboxylic acids is 1. The fourth-order valence-electron chi connectivity index (χ4n) is 1.54. The maximum absolute atomic E-state index is 12.0. The Labute approximate surface area is 126 Å². The van der Waals surface area contributed by atoms with E-state index in [0.29, 0.717) is 6.42 Å². The van der Waals surface area contributed by atoms with Gasteiger partial charge >= 0.3 is 5.97 Å². The van der Waals surface area contributed by atoms with Crippen molar-refractivity contribution in [2.45, 2.75) is 38.5 Å². The molecule has 0 amide bonds. The third-order valence-electron chi connectivity index (χ3n) is 2.80. The first kappa shape index (κ1) is 17.7. The van der Waals surface area contributed by atoms with E-state index in [-0.39, 0.29) is 30.0 Å². The van der Waals surface area contributed by atoms with Crippen molar-refractivity contribution in [3.05, 3.63) is 29.8 Å². The van der Waals surface area contributed by atoms with E-state index in [1.165, 1.54) is 12.1 Å². The summed E-state index contributed by atoms with van der Waals surface area (Å²) < 4.78 is 33.9. The van der Waals surface area contributed by atoms with Crippen LogP contribution < -0.4 is 0 Å². The van der Waals surface area contributed by atoms with Crippen molar-refractivity contribution in [1.82, 2.24) is 0 Å². The van der Waals surface area contributed by atoms with Crippen molar-refractivity contribution >= 4 is 16.1 Å². The van der Waals surface area contributed by atoms with Crippen LogP contribution in [0.3, 0.4) is 0 Å². The largest absolute Gasteiger partial charge is 0.465 e. The molecule has 0 N–H and O–H groups in total. The van der Waals surface area contributed by atoms with Crippen LogP contribution in [0.2, 0.25) is 0 Å². The van der Waals surface area contributed by atoms with Gasteiger partial charge < -0.3 is 4.74 Å². The Balaban J connectivity index is 2.46. The molecule has 0 bridgehead atoms. The zero-order valence-electron chi connectivity index (χ0n) is 12.7. The second kappa shape index (κ2) is 8.14. The molecule has 6 heteroatoms. The fourth-order valence-corrected chi connectivity index (χ4v) is 2.56. The van der Waals surface area contributed by atoms with Crippen molar-refractivity contribution in [3.8, 4) is 0 Å². The van der Waals surface area contributed by atoms with E-state index in [0.717, 1.165) is 12.0 Å². The maximum atomic E-state index is 12.0. The molecule has 118 valence electrons. The zero-order chi connectivity index (χ0) is 15.9. The smallest absolute Gasteiger partial charge is 0.305 e. The summed E-state index contributed by atoms with van der Waals surface area (Å²) in [5.41, 5.74) is 0.977. The van der Waals surface area contributed by atoms with Gasteiger partial charge in [-0.1, -0.05) is 31.5 Å². The summed E-state index contributed by atoms with van der Waals surface area (Å²) in [7, 11) is -3.76. The van der Waals surface area contributed by atoms with Crippen LogP contribution >= 0.6 is 0 Å². The molecule has 0 aliphatic rings. The maximum Gasteiger partial charge on any atom is 0.305 e. The predicted molar refractivity (Wildman–Crippen MR) is 79.3 cm³/mol. The van der Waals surface area contributed by atoms with Gasteiger partial charge in [0.2, 0.25) is 0 Å². The van der Waals surface area contributed by atoms with Gasteiger partial charge in [-0.05, 0) is 25.5 Å². The highest BCUT2D eigenvalue weighted by Crippen LogP contribution is 2.14. The summed E-state index contributed by atoms with van der Waals surface area (Å²) in [5, 5.41) is 0. The van der Waals surface area contributed by atoms with Crippen LogP contribution in [0.4, 0.5) is 0 Å². The van der Waals surface area contributed by atoms with Gasteiger partial charge in [0.1, 0.15) is 0 Å². The number of ether oxygens (including phenoxy) is 1. The number of carbonyl (C=O) groups is 1. The Bertz CT molecular complexity index is 548. The summed E-state index contributed by atoms with van der Waals surface area (Å²) >= 11 is 0. The number of rotatable bonds is 8. The minimum absolute atomic E-state index is 0.0182. The van der Waals surface area contributed by atoms with E-state index in [1.807, 2.05) is 13.8 Å². The van der Waals surface area contributed by atoms with Crippen LogP contribution in [0.5, 0.6) is 0 Å². The van der Waals surface area contributed by atoms with Gasteiger partial charge in [-0.15, -0.1) is 0 Å². The van der Waals surface area contributed by atoms with Crippen molar-refractivity contribution in [3.63, 3.8) is 0 Å². The van der Waals surface area contributed by atoms with Gasteiger partial charge in [0.05, 0.1) is 18.1 Å². The average Bonchev–Trinajstić information content (AvgIpc) is 2.44. The van der Waals surface area contributed by atoms with E-state index in [4.69, 9.17) is 8.92 Å². The van der Waals surface area contributed by atoms with Gasteiger partial charge in [-0.2, -0.15) is 8.42 Å². The molecule has 1 aromatic carbocycles. The monoisotopic (exact) mass is 314 g/mol. The molecular weight excluding hydrogens is 292 g/mol. The number of aryl methyl sites for hydroxylation is 1. The molecule has 1 aromatic rings. The molecule has 21 heavy (non-hydrogen) atoms. The van der Waals surface area contributed by atoms with Crippen LogP contribution in [0, 0.1) is 12.8 Å². The molecule has 0 spiro atoms. The quantitative estimate of drug-likeness (QED) is 0.545. The average molecular weight is 314 g/mol. The second-order valence-corrected chi connectivity index (χ2v) is 6.71. The summed E-state index contributed by atoms with van der Waals surface area (Å²) in [4.78, 5) is 11.3. The third-order valence-corrected chi connectivity index (χ3v) is 4.10. The number of hydrogen-bond donors (Lipinski definition) is 0. The van der Waals surface area contributed by atoms with Gasteiger partial charge in [0.25, 0.3) is 10.1 Å². The summed E-state index contributed by atoms with van der Waals surface area (Å²) in [6.45, 7) is 5.67. The van der Waals surface area contributed by atoms with Gasteiger partial charge in [0.15, 0.2) is 0 Å². The standard InChI is InChI=1S/C15H22O5S/c1-4-5-15(16)19-10-13(3)11-20-21(17,18)14-8-6-12(2)7-9-14/h6-9,13H,4-5,10-11H2,1-3H3/t13-/m0/s1. The van der Waals surface area contributed by atoms with Gasteiger partial charge in [-0.3, -0.25) is 8.98 Å². The van der Waals surface area contributed by atoms with Crippen LogP contribution in [-0.2, 0) is 23.8 Å². The van der Waals surface area contributed by atoms with Crippen molar-refractivity contribution in [2.75, 3.05) is 13.2 Å². The zero-order valence-corrected chi connectivity index (χ0v) is 13.5. The lowest BCUT2D eigenvalue weighted by Crippen LogP contribution is -2.18. The Hall–Kier alpha value is -1.40. The lowest BCUT2D eigenvalue weighted by atomic mass is 10.2. The van der Waals surface area contributed by atoms with E-state index >= 15 is 0 Å². The molecule has 0 radical (unpaired) electrons. The lowest BCUT2D eigenvalue weighted by Gasteiger charge is -2.12. The molecule has 0 aliphatic heterocycles. The van der Waals surface area contributed by atoms with E-state index in [2.05, 4.69) is 0 Å². The second-order valence-electron chi connectivity index (χ2n) is 5.09. The van der Waals surface area contributed by atoms with E-state index < -0.39 is 10.1 Å². The highest BCUT2D eigenvalue weighted by molar-refractivity contribution is 7.86. The van der Waals surface area contributed by atoms with Crippen LogP contribution in [-0.4, -0.2) is 27.6 Å². The Kier molecular flexibility index (Phi) is 6.84. The van der Waals surface area contributed by atoms with Crippen molar-refractivity contribution in [1.29, 1.82) is 0 Å². The first-order valence-electron chi connectivity index (χ1n) is 6.97. The number of hydrogen-bond acceptors (Lipinski definition) is 5. The third kappa shape index (κ3) is 6.27. The van der Waals surface area contributed by atoms with Crippen LogP contribution in [0.25, 0.3) is 0 Å². The molecule has 0 unspecified atom stereocenters. The molecule has 0 fully saturated rings. The molecule has 0 aliphatic carbocycles. The number of esters is 1. The SMILES string of the molecule is CCCC(=O)OC[C@H](C)COS(=O)(=O)c1ccc(C)cc1. The van der Waals surface area contributed by atoms with E-state index in [9.17, 15) is 13.2 Å². The molecule has 0 heterocycles. The van der Waals surface area contributed by atoms with Crippen LogP contribution in [0.15, 0.2) is 29.2 Å². The van der Waals surface area contributed by atoms with Crippen molar-refractivity contribution in [2.24, 2.45) is 5.92 Å². The Morgan fingerprint density at radius 1 is 1.19 bits per heavy atom. The van der Waals surface area contributed by atoms with Gasteiger partial charge in [-0.25, -0.2) is 0 Å². The van der Waals surface area contributed by atoms with Crippen molar-refractivity contribution < 1.29 is 22.1 Å². The van der Waals surface area contributed by atoms with Gasteiger partial charge in [0, 0.05) is 12.3 Å². The minimum atomic E-state index is -3.76. The molecular formula is C15H22O5S. The predicted octanol–water partition coefficient (Wildman–Crippen LogP) is 2.68. The first-order chi connectivity index (χ1) is 9.85. The first-order valence-corrected chi connectivity index (χ1v) is 8.37. The highest BCUT2D eigenvalue weighted by atomic mass is 32.2. The highest BCUT2D eigenvalue weighted by Gasteiger charge is 2.17. The topological polar surface area (TPSA) is 69.7 Å². The normalized spacial score (nSPS) is 12.9. The molecule has 5 nitrogen and oxygen atoms in total. The summed E-state index contributed by atoms with van der Waals surface area (Å²) in [6, 6.07) is 6.45.